The van der Waals surface area contributed by atoms with Gasteiger partial charge in [-0.1, -0.05) is 28.1 Å². The standard InChI is InChI=1S/C18H10BrF3INO2/c19-11-3-1-10(2-4-11)15-7-8-16(26-15)17(25)24-14-6-5-12(23)9-13(14)18(20,21)22/h1-9H,(H,24,25). The first-order valence-corrected chi connectivity index (χ1v) is 9.15. The van der Waals surface area contributed by atoms with Crippen LogP contribution in [-0.2, 0) is 6.18 Å². The lowest BCUT2D eigenvalue weighted by Crippen LogP contribution is -2.16. The Morgan fingerprint density at radius 1 is 1.04 bits per heavy atom. The fourth-order valence-electron chi connectivity index (χ4n) is 2.27. The van der Waals surface area contributed by atoms with Crippen LogP contribution in [0.2, 0.25) is 0 Å². The fraction of sp³-hybridized carbons (Fsp3) is 0.0556. The molecule has 1 amide bonds. The maximum atomic E-state index is 13.2. The Bertz CT molecular complexity index is 952. The van der Waals surface area contributed by atoms with Crippen molar-refractivity contribution in [3.63, 3.8) is 0 Å². The molecular formula is C18H10BrF3INO2. The number of anilines is 1. The smallest absolute Gasteiger partial charge is 0.418 e. The van der Waals surface area contributed by atoms with Crippen molar-refractivity contribution < 1.29 is 22.4 Å². The number of alkyl halides is 3. The predicted octanol–water partition coefficient (Wildman–Crippen LogP) is 6.58. The van der Waals surface area contributed by atoms with Crippen LogP contribution in [0.4, 0.5) is 18.9 Å². The van der Waals surface area contributed by atoms with E-state index in [2.05, 4.69) is 21.2 Å². The van der Waals surface area contributed by atoms with Gasteiger partial charge in [-0.25, -0.2) is 0 Å². The molecule has 8 heteroatoms. The second-order valence-electron chi connectivity index (χ2n) is 5.31. The Morgan fingerprint density at radius 2 is 1.73 bits per heavy atom. The first kappa shape index (κ1) is 19.0. The number of furan rings is 1. The normalized spacial score (nSPS) is 11.4. The fourth-order valence-corrected chi connectivity index (χ4v) is 3.03. The van der Waals surface area contributed by atoms with E-state index in [1.165, 1.54) is 18.2 Å². The number of rotatable bonds is 3. The Kier molecular flexibility index (Phi) is 5.42. The van der Waals surface area contributed by atoms with Gasteiger partial charge in [0.2, 0.25) is 0 Å². The molecular weight excluding hydrogens is 526 g/mol. The molecule has 26 heavy (non-hydrogen) atoms. The predicted molar refractivity (Wildman–Crippen MR) is 104 cm³/mol. The summed E-state index contributed by atoms with van der Waals surface area (Å²) in [7, 11) is 0. The molecule has 0 fully saturated rings. The van der Waals surface area contributed by atoms with Gasteiger partial charge in [0.1, 0.15) is 5.76 Å². The van der Waals surface area contributed by atoms with Gasteiger partial charge in [-0.15, -0.1) is 0 Å². The van der Waals surface area contributed by atoms with Gasteiger partial charge in [0, 0.05) is 13.6 Å². The number of hydrogen-bond acceptors (Lipinski definition) is 2. The lowest BCUT2D eigenvalue weighted by atomic mass is 10.1. The largest absolute Gasteiger partial charge is 0.451 e. The van der Waals surface area contributed by atoms with Crippen LogP contribution in [0.1, 0.15) is 16.1 Å². The van der Waals surface area contributed by atoms with Crippen LogP contribution in [0.3, 0.4) is 0 Å². The van der Waals surface area contributed by atoms with Crippen molar-refractivity contribution in [1.29, 1.82) is 0 Å². The molecule has 134 valence electrons. The molecule has 1 heterocycles. The highest BCUT2D eigenvalue weighted by Gasteiger charge is 2.34. The van der Waals surface area contributed by atoms with Crippen LogP contribution in [0.5, 0.6) is 0 Å². The maximum Gasteiger partial charge on any atom is 0.418 e. The van der Waals surface area contributed by atoms with Crippen LogP contribution in [-0.4, -0.2) is 5.91 Å². The average molecular weight is 536 g/mol. The first-order valence-electron chi connectivity index (χ1n) is 7.28. The molecule has 1 aromatic heterocycles. The molecule has 0 saturated heterocycles. The summed E-state index contributed by atoms with van der Waals surface area (Å²) in [4.78, 5) is 12.3. The van der Waals surface area contributed by atoms with Crippen molar-refractivity contribution in [1.82, 2.24) is 0 Å². The molecule has 0 spiro atoms. The zero-order valence-electron chi connectivity index (χ0n) is 12.9. The summed E-state index contributed by atoms with van der Waals surface area (Å²) < 4.78 is 46.3. The van der Waals surface area contributed by atoms with Gasteiger partial charge < -0.3 is 9.73 Å². The molecule has 0 aliphatic heterocycles. The van der Waals surface area contributed by atoms with Crippen molar-refractivity contribution in [2.24, 2.45) is 0 Å². The summed E-state index contributed by atoms with van der Waals surface area (Å²) in [6.07, 6.45) is -4.57. The van der Waals surface area contributed by atoms with E-state index >= 15 is 0 Å². The third kappa shape index (κ3) is 4.29. The van der Waals surface area contributed by atoms with Crippen LogP contribution < -0.4 is 5.32 Å². The minimum atomic E-state index is -4.57. The zero-order chi connectivity index (χ0) is 18.9. The van der Waals surface area contributed by atoms with E-state index in [4.69, 9.17) is 4.42 Å². The van der Waals surface area contributed by atoms with E-state index in [1.807, 2.05) is 12.1 Å². The summed E-state index contributed by atoms with van der Waals surface area (Å²) in [6.45, 7) is 0. The second kappa shape index (κ2) is 7.43. The Balaban J connectivity index is 1.85. The van der Waals surface area contributed by atoms with Gasteiger partial charge in [-0.3, -0.25) is 4.79 Å². The second-order valence-corrected chi connectivity index (χ2v) is 7.47. The van der Waals surface area contributed by atoms with Crippen molar-refractivity contribution in [3.05, 3.63) is 74.0 Å². The average Bonchev–Trinajstić information content (AvgIpc) is 3.06. The summed E-state index contributed by atoms with van der Waals surface area (Å²) in [5.41, 5.74) is -0.473. The van der Waals surface area contributed by atoms with Gasteiger partial charge in [-0.05, 0) is 65.1 Å². The van der Waals surface area contributed by atoms with Crippen LogP contribution in [0, 0.1) is 3.57 Å². The molecule has 3 aromatic rings. The molecule has 3 nitrogen and oxygen atoms in total. The third-order valence-electron chi connectivity index (χ3n) is 3.49. The lowest BCUT2D eigenvalue weighted by molar-refractivity contribution is -0.137. The zero-order valence-corrected chi connectivity index (χ0v) is 16.6. The highest BCUT2D eigenvalue weighted by Crippen LogP contribution is 2.36. The Hall–Kier alpha value is -1.81. The molecule has 0 unspecified atom stereocenters. The van der Waals surface area contributed by atoms with Gasteiger partial charge in [0.15, 0.2) is 5.76 Å². The molecule has 0 saturated carbocycles. The Labute approximate surface area is 168 Å². The molecule has 0 atom stereocenters. The first-order chi connectivity index (χ1) is 12.2. The van der Waals surface area contributed by atoms with E-state index in [0.29, 0.717) is 9.33 Å². The lowest BCUT2D eigenvalue weighted by Gasteiger charge is -2.13. The maximum absolute atomic E-state index is 13.2. The summed E-state index contributed by atoms with van der Waals surface area (Å²) >= 11 is 5.11. The summed E-state index contributed by atoms with van der Waals surface area (Å²) in [5, 5.41) is 2.27. The minimum absolute atomic E-state index is 0.0745. The van der Waals surface area contributed by atoms with Crippen molar-refractivity contribution >= 4 is 50.1 Å². The number of hydrogen-bond donors (Lipinski definition) is 1. The molecule has 1 N–H and O–H groups in total. The topological polar surface area (TPSA) is 42.2 Å². The van der Waals surface area contributed by atoms with Crippen LogP contribution >= 0.6 is 38.5 Å². The van der Waals surface area contributed by atoms with E-state index < -0.39 is 17.6 Å². The van der Waals surface area contributed by atoms with Crippen LogP contribution in [0.25, 0.3) is 11.3 Å². The molecule has 0 aliphatic rings. The minimum Gasteiger partial charge on any atom is -0.451 e. The molecule has 0 radical (unpaired) electrons. The third-order valence-corrected chi connectivity index (χ3v) is 4.69. The van der Waals surface area contributed by atoms with Crippen molar-refractivity contribution in [2.45, 2.75) is 6.18 Å². The van der Waals surface area contributed by atoms with Gasteiger partial charge in [0.05, 0.1) is 11.3 Å². The van der Waals surface area contributed by atoms with E-state index in [0.717, 1.165) is 16.1 Å². The molecule has 0 aliphatic carbocycles. The summed E-state index contributed by atoms with van der Waals surface area (Å²) in [5.74, 6) is -0.379. The van der Waals surface area contributed by atoms with Gasteiger partial charge in [-0.2, -0.15) is 13.2 Å². The van der Waals surface area contributed by atoms with E-state index in [9.17, 15) is 18.0 Å². The van der Waals surface area contributed by atoms with Gasteiger partial charge >= 0.3 is 6.18 Å². The number of carbonyl (C=O) groups excluding carboxylic acids is 1. The van der Waals surface area contributed by atoms with Gasteiger partial charge in [0.25, 0.3) is 5.91 Å². The molecule has 2 aromatic carbocycles. The molecule has 3 rings (SSSR count). The van der Waals surface area contributed by atoms with E-state index in [-0.39, 0.29) is 11.4 Å². The van der Waals surface area contributed by atoms with Crippen LogP contribution in [0.15, 0.2) is 63.5 Å². The highest BCUT2D eigenvalue weighted by molar-refractivity contribution is 14.1. The van der Waals surface area contributed by atoms with E-state index in [1.54, 1.807) is 40.8 Å². The number of carbonyl (C=O) groups is 1. The number of nitrogens with one attached hydrogen (secondary N) is 1. The molecule has 0 bridgehead atoms. The monoisotopic (exact) mass is 535 g/mol. The SMILES string of the molecule is O=C(Nc1ccc(I)cc1C(F)(F)F)c1ccc(-c2ccc(Br)cc2)o1. The van der Waals surface area contributed by atoms with Crippen molar-refractivity contribution in [3.8, 4) is 11.3 Å². The Morgan fingerprint density at radius 3 is 2.38 bits per heavy atom. The van der Waals surface area contributed by atoms with Crippen molar-refractivity contribution in [2.75, 3.05) is 5.32 Å². The quantitative estimate of drug-likeness (QED) is 0.385. The number of benzene rings is 2. The number of halogens is 5. The highest BCUT2D eigenvalue weighted by atomic mass is 127. The number of amides is 1. The summed E-state index contributed by atoms with van der Waals surface area (Å²) in [6, 6.07) is 13.9.